The Morgan fingerprint density at radius 1 is 0.538 bits per heavy atom. The van der Waals surface area contributed by atoms with Crippen LogP contribution >= 0.6 is 23.1 Å². The molecule has 0 atom stereocenters. The summed E-state index contributed by atoms with van der Waals surface area (Å²) in [5, 5.41) is 17.3. The van der Waals surface area contributed by atoms with E-state index in [0.29, 0.717) is 0 Å². The van der Waals surface area contributed by atoms with Crippen molar-refractivity contribution < 1.29 is 0 Å². The first-order chi connectivity index (χ1) is 16.9. The molecule has 4 aromatic rings. The molecule has 0 radical (unpaired) electrons. The predicted molar refractivity (Wildman–Crippen MR) is 175 cm³/mol. The third-order valence-corrected chi connectivity index (χ3v) is 2.09. The highest BCUT2D eigenvalue weighted by molar-refractivity contribution is 7.03. The Bertz CT molecular complexity index is 506. The van der Waals surface area contributed by atoms with Crippen molar-refractivity contribution in [1.82, 2.24) is 49.3 Å². The summed E-state index contributed by atoms with van der Waals surface area (Å²) in [6.07, 6.45) is 9.09. The molecule has 0 bridgehead atoms. The van der Waals surface area contributed by atoms with Crippen LogP contribution in [0.15, 0.2) is 48.7 Å². The van der Waals surface area contributed by atoms with Gasteiger partial charge in [-0.1, -0.05) is 110 Å². The Hall–Kier alpha value is -2.60. The summed E-state index contributed by atoms with van der Waals surface area (Å²) < 4.78 is 7.17. The standard InChI is InChI=1S/4C4H10.2C2H3N3.2C2H2N2S.3CH4/c4*1-4(2)3;3*1-3-2-5-4-1;1-2-5-4-3-1;;;/h4*4H,1-3H3;2*1-2H,(H,3,4,5);2*1-2H;3*1H4. The molecule has 232 valence electrons. The number of hydrogen-bond donors (Lipinski definition) is 2. The Kier molecular flexibility index (Phi) is 65.6. The van der Waals surface area contributed by atoms with Gasteiger partial charge in [0.05, 0.1) is 6.20 Å². The average Bonchev–Trinajstić information content (AvgIpc) is 3.60. The second-order valence-corrected chi connectivity index (χ2v) is 10.7. The molecule has 0 aliphatic carbocycles. The van der Waals surface area contributed by atoms with E-state index in [1.54, 1.807) is 11.7 Å². The molecule has 2 N–H and O–H groups in total. The summed E-state index contributed by atoms with van der Waals surface area (Å²) >= 11 is 2.70. The van der Waals surface area contributed by atoms with Crippen LogP contribution in [0.1, 0.15) is 105 Å². The van der Waals surface area contributed by atoms with Crippen LogP contribution in [0, 0.1) is 23.7 Å². The topological polar surface area (TPSA) is 135 Å². The number of hydrogen-bond acceptors (Lipinski definition) is 10. The van der Waals surface area contributed by atoms with Crippen LogP contribution in [-0.2, 0) is 0 Å². The highest BCUT2D eigenvalue weighted by atomic mass is 32.1. The van der Waals surface area contributed by atoms with Gasteiger partial charge in [0.1, 0.15) is 37.1 Å². The van der Waals surface area contributed by atoms with E-state index in [4.69, 9.17) is 0 Å². The summed E-state index contributed by atoms with van der Waals surface area (Å²) in [5.74, 6) is 3.33. The smallest absolute Gasteiger partial charge is 0.137 e. The normalized spacial score (nSPS) is 7.79. The molecule has 0 saturated carbocycles. The highest BCUT2D eigenvalue weighted by Gasteiger charge is 1.69. The molecule has 0 saturated heterocycles. The Morgan fingerprint density at radius 2 is 0.923 bits per heavy atom. The molecule has 0 amide bonds. The minimum atomic E-state index is 0. The average molecular weight is 591 g/mol. The molecule has 0 aliphatic heterocycles. The molecular weight excluding hydrogens is 529 g/mol. The SMILES string of the molecule is C.C.C.CC(C)C.CC(C)C.CC(C)C.CC(C)C.c1csnn1.c1nc[nH]n1.c1nc[nH]n1.c1ncsn1. The third-order valence-electron chi connectivity index (χ3n) is 1.23. The lowest BCUT2D eigenvalue weighted by Crippen LogP contribution is -1.66. The van der Waals surface area contributed by atoms with Gasteiger partial charge in [-0.2, -0.15) is 14.6 Å². The zero-order valence-corrected chi connectivity index (χ0v) is 26.0. The Balaban J connectivity index is -0.0000000596. The lowest BCUT2D eigenvalue weighted by molar-refractivity contribution is 0.736. The van der Waals surface area contributed by atoms with E-state index in [-0.39, 0.29) is 22.3 Å². The lowest BCUT2D eigenvalue weighted by atomic mass is 10.3. The molecule has 39 heavy (non-hydrogen) atoms. The van der Waals surface area contributed by atoms with Gasteiger partial charge in [0.25, 0.3) is 0 Å². The van der Waals surface area contributed by atoms with Gasteiger partial charge >= 0.3 is 0 Å². The molecule has 10 nitrogen and oxygen atoms in total. The van der Waals surface area contributed by atoms with Crippen molar-refractivity contribution in [3.8, 4) is 0 Å². The largest absolute Gasteiger partial charge is 0.266 e. The maximum absolute atomic E-state index is 3.65. The molecular formula is C27H62N10S2. The molecule has 12 heteroatoms. The van der Waals surface area contributed by atoms with E-state index in [1.165, 1.54) is 54.7 Å². The fraction of sp³-hybridized carbons (Fsp3) is 0.704. The van der Waals surface area contributed by atoms with Gasteiger partial charge in [0.2, 0.25) is 0 Å². The highest BCUT2D eigenvalue weighted by Crippen LogP contribution is 1.82. The quantitative estimate of drug-likeness (QED) is 0.207. The van der Waals surface area contributed by atoms with Gasteiger partial charge < -0.3 is 0 Å². The molecule has 4 rings (SSSR count). The van der Waals surface area contributed by atoms with Gasteiger partial charge in [-0.25, -0.2) is 15.0 Å². The Morgan fingerprint density at radius 3 is 1.00 bits per heavy atom. The van der Waals surface area contributed by atoms with E-state index in [9.17, 15) is 0 Å². The van der Waals surface area contributed by atoms with E-state index in [2.05, 4.69) is 132 Å². The van der Waals surface area contributed by atoms with Crippen LogP contribution < -0.4 is 0 Å². The van der Waals surface area contributed by atoms with Crippen LogP contribution in [0.3, 0.4) is 0 Å². The van der Waals surface area contributed by atoms with Gasteiger partial charge in [-0.05, 0) is 46.7 Å². The van der Waals surface area contributed by atoms with Crippen molar-refractivity contribution in [2.75, 3.05) is 0 Å². The van der Waals surface area contributed by atoms with E-state index < -0.39 is 0 Å². The van der Waals surface area contributed by atoms with Crippen molar-refractivity contribution in [2.45, 2.75) is 105 Å². The van der Waals surface area contributed by atoms with Crippen molar-refractivity contribution >= 4 is 23.1 Å². The fourth-order valence-electron chi connectivity index (χ4n) is 0.605. The first kappa shape index (κ1) is 52.8. The van der Waals surface area contributed by atoms with E-state index in [1.807, 2.05) is 5.38 Å². The van der Waals surface area contributed by atoms with E-state index >= 15 is 0 Å². The Labute approximate surface area is 249 Å². The number of nitrogens with zero attached hydrogens (tertiary/aromatic N) is 8. The molecule has 4 heterocycles. The zero-order valence-electron chi connectivity index (χ0n) is 24.3. The number of H-pyrrole nitrogens is 2. The van der Waals surface area contributed by atoms with E-state index in [0.717, 1.165) is 23.7 Å². The minimum absolute atomic E-state index is 0. The first-order valence-electron chi connectivity index (χ1n) is 11.9. The fourth-order valence-corrected chi connectivity index (χ4v) is 1.15. The maximum Gasteiger partial charge on any atom is 0.137 e. The monoisotopic (exact) mass is 590 g/mol. The molecule has 4 aromatic heterocycles. The molecule has 0 unspecified atom stereocenters. The van der Waals surface area contributed by atoms with Crippen molar-refractivity contribution in [2.24, 2.45) is 23.7 Å². The summed E-state index contributed by atoms with van der Waals surface area (Å²) in [6, 6.07) is 0. The van der Waals surface area contributed by atoms with Crippen LogP contribution in [0.2, 0.25) is 0 Å². The minimum Gasteiger partial charge on any atom is -0.266 e. The third kappa shape index (κ3) is 130. The number of nitrogens with one attached hydrogen (secondary N) is 2. The van der Waals surface area contributed by atoms with Crippen LogP contribution in [0.5, 0.6) is 0 Å². The van der Waals surface area contributed by atoms with Crippen LogP contribution in [0.4, 0.5) is 0 Å². The molecule has 0 aromatic carbocycles. The molecule has 0 spiro atoms. The van der Waals surface area contributed by atoms with Crippen LogP contribution in [-0.4, -0.2) is 49.3 Å². The van der Waals surface area contributed by atoms with Gasteiger partial charge in [-0.3, -0.25) is 10.2 Å². The molecule has 0 fully saturated rings. The lowest BCUT2D eigenvalue weighted by Gasteiger charge is -1.79. The number of rotatable bonds is 0. The summed E-state index contributed by atoms with van der Waals surface area (Å²) in [6.45, 7) is 26.0. The first-order valence-corrected chi connectivity index (χ1v) is 13.6. The van der Waals surface area contributed by atoms with Crippen LogP contribution in [0.25, 0.3) is 0 Å². The maximum atomic E-state index is 3.65. The van der Waals surface area contributed by atoms with Crippen molar-refractivity contribution in [1.29, 1.82) is 0 Å². The van der Waals surface area contributed by atoms with Crippen molar-refractivity contribution in [3.05, 3.63) is 48.7 Å². The summed E-state index contributed by atoms with van der Waals surface area (Å²) in [7, 11) is 0. The summed E-state index contributed by atoms with van der Waals surface area (Å²) in [4.78, 5) is 10.7. The second kappa shape index (κ2) is 48.5. The van der Waals surface area contributed by atoms with Crippen molar-refractivity contribution in [3.63, 3.8) is 0 Å². The molecule has 0 aliphatic rings. The second-order valence-electron chi connectivity index (χ2n) is 9.40. The van der Waals surface area contributed by atoms with Gasteiger partial charge in [0, 0.05) is 5.38 Å². The number of aromatic amines is 2. The zero-order chi connectivity index (χ0) is 28.5. The van der Waals surface area contributed by atoms with Gasteiger partial charge in [0.15, 0.2) is 0 Å². The number of aromatic nitrogens is 10. The van der Waals surface area contributed by atoms with Gasteiger partial charge in [-0.15, -0.1) is 5.10 Å². The summed E-state index contributed by atoms with van der Waals surface area (Å²) in [5.41, 5.74) is 1.68. The predicted octanol–water partition coefficient (Wildman–Crippen LogP) is 9.24.